The topological polar surface area (TPSA) is 76.9 Å². The highest BCUT2D eigenvalue weighted by molar-refractivity contribution is 7.89. The van der Waals surface area contributed by atoms with Gasteiger partial charge >= 0.3 is 0 Å². The Labute approximate surface area is 134 Å². The van der Waals surface area contributed by atoms with Crippen LogP contribution in [0.5, 0.6) is 0 Å². The number of sulfonamides is 1. The molecule has 1 aliphatic carbocycles. The maximum absolute atomic E-state index is 13.7. The van der Waals surface area contributed by atoms with Gasteiger partial charge in [-0.25, -0.2) is 17.5 Å². The van der Waals surface area contributed by atoms with E-state index in [0.29, 0.717) is 23.0 Å². The molecule has 1 aromatic carbocycles. The Hall–Kier alpha value is -1.80. The van der Waals surface area contributed by atoms with Gasteiger partial charge in [-0.2, -0.15) is 0 Å². The van der Waals surface area contributed by atoms with Gasteiger partial charge in [-0.05, 0) is 56.9 Å². The summed E-state index contributed by atoms with van der Waals surface area (Å²) in [6.45, 7) is 5.02. The van der Waals surface area contributed by atoms with Gasteiger partial charge < -0.3 is 4.57 Å². The van der Waals surface area contributed by atoms with Crippen molar-refractivity contribution in [3.05, 3.63) is 40.7 Å². The molecule has 1 N–H and O–H groups in total. The molecule has 8 heteroatoms. The van der Waals surface area contributed by atoms with E-state index >= 15 is 0 Å². The summed E-state index contributed by atoms with van der Waals surface area (Å²) < 4.78 is 43.0. The molecular formula is C15H19FN4O2S. The van der Waals surface area contributed by atoms with Crippen molar-refractivity contribution < 1.29 is 12.8 Å². The summed E-state index contributed by atoms with van der Waals surface area (Å²) in [6.07, 6.45) is 2.13. The molecule has 1 aliphatic rings. The zero-order valence-corrected chi connectivity index (χ0v) is 14.1. The lowest BCUT2D eigenvalue weighted by Crippen LogP contribution is -2.25. The van der Waals surface area contributed by atoms with Crippen molar-refractivity contribution >= 4 is 10.0 Å². The Balaban J connectivity index is 1.82. The summed E-state index contributed by atoms with van der Waals surface area (Å²) in [5, 5.41) is 8.07. The molecule has 1 fully saturated rings. The fraction of sp³-hybridized carbons (Fsp3) is 0.467. The van der Waals surface area contributed by atoms with E-state index in [4.69, 9.17) is 0 Å². The SMILES string of the molecule is Cc1cc(S(=O)(=O)NCc2nnc(C)n2C2CC2)cc(C)c1F. The van der Waals surface area contributed by atoms with Crippen molar-refractivity contribution in [3.63, 3.8) is 0 Å². The van der Waals surface area contributed by atoms with E-state index in [2.05, 4.69) is 14.9 Å². The molecule has 0 unspecified atom stereocenters. The standard InChI is InChI=1S/C15H19FN4O2S/c1-9-6-13(7-10(2)15(9)16)23(21,22)17-8-14-19-18-11(3)20(14)12-4-5-12/h6-7,12,17H,4-5,8H2,1-3H3. The first-order valence-corrected chi connectivity index (χ1v) is 8.94. The van der Waals surface area contributed by atoms with Crippen LogP contribution in [-0.2, 0) is 16.6 Å². The van der Waals surface area contributed by atoms with Crippen molar-refractivity contribution in [2.45, 2.75) is 51.1 Å². The van der Waals surface area contributed by atoms with Gasteiger partial charge in [0.2, 0.25) is 10.0 Å². The van der Waals surface area contributed by atoms with E-state index in [9.17, 15) is 12.8 Å². The molecule has 23 heavy (non-hydrogen) atoms. The van der Waals surface area contributed by atoms with E-state index in [0.717, 1.165) is 18.7 Å². The monoisotopic (exact) mass is 338 g/mol. The average molecular weight is 338 g/mol. The molecule has 0 bridgehead atoms. The summed E-state index contributed by atoms with van der Waals surface area (Å²) in [7, 11) is -3.73. The lowest BCUT2D eigenvalue weighted by atomic mass is 10.1. The Bertz CT molecular complexity index is 833. The van der Waals surface area contributed by atoms with Crippen LogP contribution in [0.15, 0.2) is 17.0 Å². The van der Waals surface area contributed by atoms with Gasteiger partial charge in [0.15, 0.2) is 0 Å². The molecule has 6 nitrogen and oxygen atoms in total. The Morgan fingerprint density at radius 3 is 2.39 bits per heavy atom. The first-order valence-electron chi connectivity index (χ1n) is 7.46. The van der Waals surface area contributed by atoms with Crippen LogP contribution in [0.1, 0.15) is 41.7 Å². The minimum Gasteiger partial charge on any atom is -0.311 e. The zero-order chi connectivity index (χ0) is 16.8. The first kappa shape index (κ1) is 16.1. The van der Waals surface area contributed by atoms with E-state index in [1.807, 2.05) is 11.5 Å². The van der Waals surface area contributed by atoms with E-state index < -0.39 is 10.0 Å². The Morgan fingerprint density at radius 2 is 1.83 bits per heavy atom. The third-order valence-corrected chi connectivity index (χ3v) is 5.37. The molecule has 0 saturated heterocycles. The van der Waals surface area contributed by atoms with Crippen LogP contribution in [0.25, 0.3) is 0 Å². The number of aryl methyl sites for hydroxylation is 3. The summed E-state index contributed by atoms with van der Waals surface area (Å²) in [6, 6.07) is 3.04. The second kappa shape index (κ2) is 5.68. The van der Waals surface area contributed by atoms with Crippen molar-refractivity contribution in [1.82, 2.24) is 19.5 Å². The van der Waals surface area contributed by atoms with Crippen molar-refractivity contribution in [2.24, 2.45) is 0 Å². The van der Waals surface area contributed by atoms with Crippen LogP contribution in [0.3, 0.4) is 0 Å². The predicted octanol–water partition coefficient (Wildman–Crippen LogP) is 2.16. The number of hydrogen-bond acceptors (Lipinski definition) is 4. The lowest BCUT2D eigenvalue weighted by Gasteiger charge is -2.10. The summed E-state index contributed by atoms with van der Waals surface area (Å²) in [5.41, 5.74) is 0.615. The van der Waals surface area contributed by atoms with E-state index in [1.165, 1.54) is 12.1 Å². The number of nitrogens with one attached hydrogen (secondary N) is 1. The van der Waals surface area contributed by atoms with Gasteiger partial charge in [0.05, 0.1) is 11.4 Å². The average Bonchev–Trinajstić information content (AvgIpc) is 3.25. The van der Waals surface area contributed by atoms with Gasteiger partial charge in [-0.15, -0.1) is 10.2 Å². The largest absolute Gasteiger partial charge is 0.311 e. The molecule has 1 saturated carbocycles. The van der Waals surface area contributed by atoms with Crippen LogP contribution in [0, 0.1) is 26.6 Å². The van der Waals surface area contributed by atoms with Crippen LogP contribution >= 0.6 is 0 Å². The number of rotatable bonds is 5. The fourth-order valence-corrected chi connectivity index (χ4v) is 3.80. The van der Waals surface area contributed by atoms with Gasteiger partial charge in [0.25, 0.3) is 0 Å². The minimum absolute atomic E-state index is 0.0584. The third-order valence-electron chi connectivity index (χ3n) is 3.99. The highest BCUT2D eigenvalue weighted by Crippen LogP contribution is 2.36. The molecule has 3 rings (SSSR count). The van der Waals surface area contributed by atoms with E-state index in [-0.39, 0.29) is 17.3 Å². The van der Waals surface area contributed by atoms with Crippen molar-refractivity contribution in [3.8, 4) is 0 Å². The quantitative estimate of drug-likeness (QED) is 0.906. The zero-order valence-electron chi connectivity index (χ0n) is 13.3. The number of halogens is 1. The summed E-state index contributed by atoms with van der Waals surface area (Å²) in [4.78, 5) is 0.0584. The van der Waals surface area contributed by atoms with Crippen molar-refractivity contribution in [2.75, 3.05) is 0 Å². The molecule has 0 aliphatic heterocycles. The molecule has 1 heterocycles. The van der Waals surface area contributed by atoms with Gasteiger partial charge in [0, 0.05) is 6.04 Å². The second-order valence-corrected chi connectivity index (χ2v) is 7.73. The fourth-order valence-electron chi connectivity index (χ4n) is 2.65. The van der Waals surface area contributed by atoms with Gasteiger partial charge in [-0.1, -0.05) is 0 Å². The van der Waals surface area contributed by atoms with Crippen LogP contribution in [-0.4, -0.2) is 23.2 Å². The maximum atomic E-state index is 13.7. The highest BCUT2D eigenvalue weighted by Gasteiger charge is 2.28. The molecule has 124 valence electrons. The molecule has 1 aromatic heterocycles. The molecule has 0 amide bonds. The van der Waals surface area contributed by atoms with Gasteiger partial charge in [-0.3, -0.25) is 0 Å². The predicted molar refractivity (Wildman–Crippen MR) is 82.9 cm³/mol. The van der Waals surface area contributed by atoms with Gasteiger partial charge in [0.1, 0.15) is 17.5 Å². The second-order valence-electron chi connectivity index (χ2n) is 5.96. The van der Waals surface area contributed by atoms with Crippen LogP contribution in [0.2, 0.25) is 0 Å². The van der Waals surface area contributed by atoms with Crippen molar-refractivity contribution in [1.29, 1.82) is 0 Å². The maximum Gasteiger partial charge on any atom is 0.240 e. The Kier molecular flexibility index (Phi) is 3.97. The molecular weight excluding hydrogens is 319 g/mol. The molecule has 2 aromatic rings. The number of aromatic nitrogens is 3. The van der Waals surface area contributed by atoms with Crippen LogP contribution in [0.4, 0.5) is 4.39 Å². The molecule has 0 spiro atoms. The lowest BCUT2D eigenvalue weighted by molar-refractivity contribution is 0.571. The highest BCUT2D eigenvalue weighted by atomic mass is 32.2. The van der Waals surface area contributed by atoms with E-state index in [1.54, 1.807) is 13.8 Å². The van der Waals surface area contributed by atoms with Crippen LogP contribution < -0.4 is 4.72 Å². The summed E-state index contributed by atoms with van der Waals surface area (Å²) in [5.74, 6) is 1.01. The Morgan fingerprint density at radius 1 is 1.22 bits per heavy atom. The third kappa shape index (κ3) is 3.13. The first-order chi connectivity index (χ1) is 10.8. The molecule has 0 radical (unpaired) electrons. The normalized spacial score (nSPS) is 15.1. The smallest absolute Gasteiger partial charge is 0.240 e. The number of hydrogen-bond donors (Lipinski definition) is 1. The molecule has 0 atom stereocenters. The number of nitrogens with zero attached hydrogens (tertiary/aromatic N) is 3. The summed E-state index contributed by atoms with van der Waals surface area (Å²) >= 11 is 0. The minimum atomic E-state index is -3.73. The number of benzene rings is 1.